The van der Waals surface area contributed by atoms with E-state index in [0.29, 0.717) is 17.0 Å². The Labute approximate surface area is 201 Å². The summed E-state index contributed by atoms with van der Waals surface area (Å²) < 4.78 is 22.1. The molecule has 0 saturated carbocycles. The average molecular weight is 477 g/mol. The van der Waals surface area contributed by atoms with E-state index in [1.807, 2.05) is 23.8 Å². The maximum absolute atomic E-state index is 13.4. The first-order chi connectivity index (χ1) is 16.8. The number of rotatable bonds is 8. The fraction of sp³-hybridized carbons (Fsp3) is 0.192. The van der Waals surface area contributed by atoms with Crippen molar-refractivity contribution in [2.45, 2.75) is 19.9 Å². The molecule has 9 heteroatoms. The summed E-state index contributed by atoms with van der Waals surface area (Å²) in [6.07, 6.45) is 4.95. The number of ether oxygens (including phenoxy) is 1. The van der Waals surface area contributed by atoms with Crippen LogP contribution in [0, 0.1) is 12.7 Å². The van der Waals surface area contributed by atoms with Crippen LogP contribution in [0.2, 0.25) is 0 Å². The highest BCUT2D eigenvalue weighted by Gasteiger charge is 2.19. The molecule has 2 aromatic carbocycles. The lowest BCUT2D eigenvalue weighted by Crippen LogP contribution is -2.29. The van der Waals surface area contributed by atoms with Crippen LogP contribution in [0.25, 0.3) is 5.69 Å². The molecule has 8 nitrogen and oxygen atoms in total. The molecule has 0 radical (unpaired) electrons. The number of methoxy groups -OCH3 is 1. The minimum absolute atomic E-state index is 0.145. The van der Waals surface area contributed by atoms with Crippen LogP contribution in [0.5, 0.6) is 5.75 Å². The number of benzene rings is 2. The molecule has 1 unspecified atom stereocenters. The number of Topliss-reactive ketones (excluding diaryl/α,β-unsaturated/α-hetero) is 1. The van der Waals surface area contributed by atoms with E-state index in [9.17, 15) is 19.1 Å². The summed E-state index contributed by atoms with van der Waals surface area (Å²) in [5.41, 5.74) is 2.70. The number of hydrogen-bond donors (Lipinski definition) is 2. The van der Waals surface area contributed by atoms with E-state index in [1.54, 1.807) is 25.6 Å². The number of aliphatic hydroxyl groups is 1. The molecule has 0 fully saturated rings. The molecule has 2 heterocycles. The van der Waals surface area contributed by atoms with Crippen LogP contribution in [0.3, 0.4) is 0 Å². The number of imidazole rings is 1. The van der Waals surface area contributed by atoms with E-state index in [4.69, 9.17) is 4.74 Å². The number of aliphatic hydroxyl groups excluding tert-OH is 1. The van der Waals surface area contributed by atoms with E-state index in [-0.39, 0.29) is 17.0 Å². The van der Waals surface area contributed by atoms with Crippen molar-refractivity contribution in [1.29, 1.82) is 0 Å². The van der Waals surface area contributed by atoms with Gasteiger partial charge in [0.15, 0.2) is 5.78 Å². The van der Waals surface area contributed by atoms with Gasteiger partial charge < -0.3 is 24.3 Å². The predicted molar refractivity (Wildman–Crippen MR) is 130 cm³/mol. The van der Waals surface area contributed by atoms with Gasteiger partial charge >= 0.3 is 0 Å². The number of nitrogens with one attached hydrogen (secondary N) is 1. The highest BCUT2D eigenvalue weighted by atomic mass is 19.1. The van der Waals surface area contributed by atoms with Crippen LogP contribution in [-0.4, -0.2) is 38.7 Å². The van der Waals surface area contributed by atoms with Crippen molar-refractivity contribution in [3.05, 3.63) is 100 Å². The van der Waals surface area contributed by atoms with Crippen LogP contribution < -0.4 is 15.6 Å². The largest absolute Gasteiger partial charge is 0.494 e. The molecule has 4 aromatic rings. The lowest BCUT2D eigenvalue weighted by molar-refractivity contribution is 0.101. The summed E-state index contributed by atoms with van der Waals surface area (Å²) in [7, 11) is 1.55. The molecule has 2 aromatic heterocycles. The van der Waals surface area contributed by atoms with E-state index in [2.05, 4.69) is 10.3 Å². The van der Waals surface area contributed by atoms with Gasteiger partial charge in [-0.15, -0.1) is 0 Å². The van der Waals surface area contributed by atoms with Gasteiger partial charge in [0, 0.05) is 29.7 Å². The van der Waals surface area contributed by atoms with Gasteiger partial charge in [0.1, 0.15) is 17.3 Å². The van der Waals surface area contributed by atoms with E-state index in [1.165, 1.54) is 48.0 Å². The Morgan fingerprint density at radius 3 is 2.51 bits per heavy atom. The summed E-state index contributed by atoms with van der Waals surface area (Å²) >= 11 is 0. The van der Waals surface area contributed by atoms with Crippen LogP contribution in [0.4, 0.5) is 15.8 Å². The zero-order chi connectivity index (χ0) is 25.1. The lowest BCUT2D eigenvalue weighted by atomic mass is 10.1. The molecule has 0 amide bonds. The number of ketones is 1. The van der Waals surface area contributed by atoms with E-state index < -0.39 is 24.0 Å². The smallest absolute Gasteiger partial charge is 0.274 e. The minimum atomic E-state index is -0.802. The monoisotopic (exact) mass is 476 g/mol. The summed E-state index contributed by atoms with van der Waals surface area (Å²) in [5.74, 6) is -0.128. The maximum atomic E-state index is 13.4. The van der Waals surface area contributed by atoms with Crippen LogP contribution in [-0.2, 0) is 0 Å². The van der Waals surface area contributed by atoms with Crippen LogP contribution in [0.1, 0.15) is 34.6 Å². The summed E-state index contributed by atoms with van der Waals surface area (Å²) in [6, 6.07) is 11.5. The standard InChI is InChI=1S/C26H25FN4O4/c1-16-12-30(15-28-16)23-9-8-21(11-25(23)35-3)29-22-10-19(17(2)33)13-31(26(22)34)24(14-32)18-4-6-20(27)7-5-18/h4-13,15,24,29,32H,14H2,1-3H3. The number of hydrogen-bond acceptors (Lipinski definition) is 6. The molecule has 0 bridgehead atoms. The van der Waals surface area contributed by atoms with Gasteiger partial charge in [-0.2, -0.15) is 0 Å². The van der Waals surface area contributed by atoms with Gasteiger partial charge in [0.25, 0.3) is 5.56 Å². The number of halogens is 1. The minimum Gasteiger partial charge on any atom is -0.494 e. The second-order valence-corrected chi connectivity index (χ2v) is 8.09. The average Bonchev–Trinajstić information content (AvgIpc) is 3.28. The third kappa shape index (κ3) is 4.99. The van der Waals surface area contributed by atoms with E-state index in [0.717, 1.165) is 11.4 Å². The van der Waals surface area contributed by atoms with Gasteiger partial charge in [-0.3, -0.25) is 9.59 Å². The van der Waals surface area contributed by atoms with Gasteiger partial charge in [-0.1, -0.05) is 12.1 Å². The third-order valence-corrected chi connectivity index (χ3v) is 5.66. The highest BCUT2D eigenvalue weighted by molar-refractivity contribution is 5.94. The molecule has 35 heavy (non-hydrogen) atoms. The fourth-order valence-corrected chi connectivity index (χ4v) is 3.83. The summed E-state index contributed by atoms with van der Waals surface area (Å²) in [6.45, 7) is 2.86. The second-order valence-electron chi connectivity index (χ2n) is 8.09. The Balaban J connectivity index is 1.76. The zero-order valence-electron chi connectivity index (χ0n) is 19.5. The maximum Gasteiger partial charge on any atom is 0.274 e. The number of carbonyl (C=O) groups excluding carboxylic acids is 1. The molecular weight excluding hydrogens is 451 g/mol. The zero-order valence-corrected chi connectivity index (χ0v) is 19.5. The van der Waals surface area contributed by atoms with Crippen molar-refractivity contribution in [1.82, 2.24) is 14.1 Å². The normalized spacial score (nSPS) is 11.8. The number of pyridine rings is 1. The van der Waals surface area contributed by atoms with Crippen molar-refractivity contribution in [2.75, 3.05) is 19.0 Å². The molecule has 4 rings (SSSR count). The number of aromatic nitrogens is 3. The molecule has 0 spiro atoms. The topological polar surface area (TPSA) is 98.4 Å². The third-order valence-electron chi connectivity index (χ3n) is 5.66. The van der Waals surface area contributed by atoms with Crippen LogP contribution >= 0.6 is 0 Å². The van der Waals surface area contributed by atoms with Gasteiger partial charge in [0.05, 0.1) is 37.5 Å². The molecule has 2 N–H and O–H groups in total. The quantitative estimate of drug-likeness (QED) is 0.373. The van der Waals surface area contributed by atoms with Gasteiger partial charge in [-0.25, -0.2) is 9.37 Å². The lowest BCUT2D eigenvalue weighted by Gasteiger charge is -2.20. The van der Waals surface area contributed by atoms with E-state index >= 15 is 0 Å². The number of carbonyl (C=O) groups is 1. The number of anilines is 2. The molecule has 1 atom stereocenters. The number of aryl methyl sites for hydroxylation is 1. The second kappa shape index (κ2) is 9.94. The van der Waals surface area contributed by atoms with Gasteiger partial charge in [-0.05, 0) is 49.7 Å². The summed E-state index contributed by atoms with van der Waals surface area (Å²) in [5, 5.41) is 13.1. The fourth-order valence-electron chi connectivity index (χ4n) is 3.83. The molecule has 0 saturated heterocycles. The Morgan fingerprint density at radius 1 is 1.17 bits per heavy atom. The molecular formula is C26H25FN4O4. The Bertz CT molecular complexity index is 1430. The molecule has 0 aliphatic rings. The molecule has 180 valence electrons. The SMILES string of the molecule is COc1cc(Nc2cc(C(C)=O)cn(C(CO)c3ccc(F)cc3)c2=O)ccc1-n1cnc(C)c1. The molecule has 0 aliphatic heterocycles. The van der Waals surface area contributed by atoms with Crippen molar-refractivity contribution in [3.8, 4) is 11.4 Å². The molecule has 0 aliphatic carbocycles. The first-order valence-corrected chi connectivity index (χ1v) is 10.9. The van der Waals surface area contributed by atoms with Crippen molar-refractivity contribution < 1.29 is 19.0 Å². The predicted octanol–water partition coefficient (Wildman–Crippen LogP) is 4.02. The first kappa shape index (κ1) is 23.9. The Morgan fingerprint density at radius 2 is 1.91 bits per heavy atom. The number of nitrogens with zero attached hydrogens (tertiary/aromatic N) is 3. The van der Waals surface area contributed by atoms with Gasteiger partial charge in [0.2, 0.25) is 0 Å². The Kier molecular flexibility index (Phi) is 6.79. The van der Waals surface area contributed by atoms with Crippen LogP contribution in [0.15, 0.2) is 72.0 Å². The highest BCUT2D eigenvalue weighted by Crippen LogP contribution is 2.28. The van der Waals surface area contributed by atoms with Crippen molar-refractivity contribution >= 4 is 17.2 Å². The Hall–Kier alpha value is -4.24. The summed E-state index contributed by atoms with van der Waals surface area (Å²) in [4.78, 5) is 29.9. The first-order valence-electron chi connectivity index (χ1n) is 10.9. The van der Waals surface area contributed by atoms with Crippen molar-refractivity contribution in [2.24, 2.45) is 0 Å². The van der Waals surface area contributed by atoms with Crippen molar-refractivity contribution in [3.63, 3.8) is 0 Å².